The second-order valence-corrected chi connectivity index (χ2v) is 11.8. The van der Waals surface area contributed by atoms with Crippen LogP contribution in [0.3, 0.4) is 0 Å². The Morgan fingerprint density at radius 1 is 1.23 bits per heavy atom. The largest absolute Gasteiger partial charge is 0.377 e. The molecule has 2 aliphatic rings. The standard InChI is InChI=1S/C22H32N4O2S2/c1-4-24-30(27,28)20-12-17(25-22(2)14-26(3)15-22)10-11-18(20)19-13-23-21(29-19)16-8-6-5-7-9-16/h10-13,16,24-25H,4-9,14-15H2,1-3H3. The molecule has 0 unspecified atom stereocenters. The van der Waals surface area contributed by atoms with E-state index in [1.807, 2.05) is 18.3 Å². The molecule has 1 aliphatic heterocycles. The van der Waals surface area contributed by atoms with Crippen molar-refractivity contribution in [1.82, 2.24) is 14.6 Å². The van der Waals surface area contributed by atoms with Gasteiger partial charge in [-0.15, -0.1) is 11.3 Å². The van der Waals surface area contributed by atoms with Crippen molar-refractivity contribution in [1.29, 1.82) is 0 Å². The number of hydrogen-bond donors (Lipinski definition) is 2. The first-order valence-corrected chi connectivity index (χ1v) is 13.2. The molecule has 164 valence electrons. The monoisotopic (exact) mass is 448 g/mol. The highest BCUT2D eigenvalue weighted by Gasteiger charge is 2.36. The van der Waals surface area contributed by atoms with Gasteiger partial charge in [0.05, 0.1) is 20.3 Å². The summed E-state index contributed by atoms with van der Waals surface area (Å²) in [5, 5.41) is 4.67. The van der Waals surface area contributed by atoms with Gasteiger partial charge >= 0.3 is 0 Å². The quantitative estimate of drug-likeness (QED) is 0.662. The normalized spacial score (nSPS) is 20.1. The molecule has 0 spiro atoms. The molecule has 2 N–H and O–H groups in total. The van der Waals surface area contributed by atoms with E-state index in [9.17, 15) is 8.42 Å². The molecule has 0 atom stereocenters. The highest BCUT2D eigenvalue weighted by Crippen LogP contribution is 2.40. The number of likely N-dealkylation sites (tertiary alicyclic amines) is 1. The lowest BCUT2D eigenvalue weighted by molar-refractivity contribution is 0.132. The van der Waals surface area contributed by atoms with Gasteiger partial charge in [0.25, 0.3) is 0 Å². The number of rotatable bonds is 7. The van der Waals surface area contributed by atoms with E-state index in [-0.39, 0.29) is 5.54 Å². The van der Waals surface area contributed by atoms with Gasteiger partial charge in [-0.25, -0.2) is 18.1 Å². The van der Waals surface area contributed by atoms with Crippen LogP contribution in [0.1, 0.15) is 56.9 Å². The smallest absolute Gasteiger partial charge is 0.241 e. The topological polar surface area (TPSA) is 74.3 Å². The highest BCUT2D eigenvalue weighted by atomic mass is 32.2. The number of hydrogen-bond acceptors (Lipinski definition) is 6. The fraction of sp³-hybridized carbons (Fsp3) is 0.591. The summed E-state index contributed by atoms with van der Waals surface area (Å²) >= 11 is 1.65. The van der Waals surface area contributed by atoms with Crippen molar-refractivity contribution >= 4 is 27.0 Å². The molecule has 2 aromatic rings. The fourth-order valence-electron chi connectivity index (χ4n) is 4.82. The molecule has 0 bridgehead atoms. The number of likely N-dealkylation sites (N-methyl/N-ethyl adjacent to an activating group) is 1. The van der Waals surface area contributed by atoms with E-state index in [0.29, 0.717) is 17.4 Å². The molecule has 1 aromatic carbocycles. The van der Waals surface area contributed by atoms with Crippen molar-refractivity contribution in [2.75, 3.05) is 32.0 Å². The highest BCUT2D eigenvalue weighted by molar-refractivity contribution is 7.89. The molecular weight excluding hydrogens is 416 g/mol. The Morgan fingerprint density at radius 2 is 1.97 bits per heavy atom. The lowest BCUT2D eigenvalue weighted by Gasteiger charge is -2.47. The number of anilines is 1. The summed E-state index contributed by atoms with van der Waals surface area (Å²) in [5.41, 5.74) is 1.54. The first kappa shape index (κ1) is 21.7. The molecule has 0 amide bonds. The molecule has 1 aromatic heterocycles. The zero-order chi connectivity index (χ0) is 21.4. The molecule has 1 saturated heterocycles. The summed E-state index contributed by atoms with van der Waals surface area (Å²) < 4.78 is 28.7. The summed E-state index contributed by atoms with van der Waals surface area (Å²) in [7, 11) is -1.52. The number of aromatic nitrogens is 1. The minimum absolute atomic E-state index is 0.0336. The van der Waals surface area contributed by atoms with E-state index in [1.54, 1.807) is 24.3 Å². The van der Waals surface area contributed by atoms with E-state index in [4.69, 9.17) is 0 Å². The predicted octanol–water partition coefficient (Wildman–Crippen LogP) is 4.27. The zero-order valence-corrected chi connectivity index (χ0v) is 19.7. The maximum absolute atomic E-state index is 13.0. The molecule has 4 rings (SSSR count). The molecule has 2 heterocycles. The summed E-state index contributed by atoms with van der Waals surface area (Å²) in [6, 6.07) is 5.69. The lowest BCUT2D eigenvalue weighted by atomic mass is 9.90. The minimum atomic E-state index is -3.60. The third-order valence-corrected chi connectivity index (χ3v) is 8.81. The van der Waals surface area contributed by atoms with Gasteiger partial charge < -0.3 is 10.2 Å². The van der Waals surface area contributed by atoms with Gasteiger partial charge in [0, 0.05) is 43.0 Å². The van der Waals surface area contributed by atoms with Crippen molar-refractivity contribution in [2.45, 2.75) is 62.3 Å². The summed E-state index contributed by atoms with van der Waals surface area (Å²) in [6.07, 6.45) is 8.05. The molecule has 0 radical (unpaired) electrons. The van der Waals surface area contributed by atoms with Crippen LogP contribution in [0, 0.1) is 0 Å². The Hall–Kier alpha value is -1.48. The molecular formula is C22H32N4O2S2. The van der Waals surface area contributed by atoms with Gasteiger partial charge in [-0.3, -0.25) is 0 Å². The third kappa shape index (κ3) is 4.56. The second-order valence-electron chi connectivity index (χ2n) is 8.97. The average molecular weight is 449 g/mol. The first-order valence-electron chi connectivity index (χ1n) is 10.9. The summed E-state index contributed by atoms with van der Waals surface area (Å²) in [4.78, 5) is 8.17. The molecule has 30 heavy (non-hydrogen) atoms. The van der Waals surface area contributed by atoms with Crippen molar-refractivity contribution in [3.63, 3.8) is 0 Å². The van der Waals surface area contributed by atoms with Gasteiger partial charge in [-0.05, 0) is 38.9 Å². The van der Waals surface area contributed by atoms with Crippen LogP contribution in [0.2, 0.25) is 0 Å². The Kier molecular flexibility index (Phi) is 6.21. The van der Waals surface area contributed by atoms with E-state index in [2.05, 4.69) is 33.9 Å². The number of sulfonamides is 1. The Bertz CT molecular complexity index is 990. The maximum Gasteiger partial charge on any atom is 0.241 e. The molecule has 8 heteroatoms. The van der Waals surface area contributed by atoms with Crippen LogP contribution < -0.4 is 10.0 Å². The van der Waals surface area contributed by atoms with Crippen molar-refractivity contribution in [3.8, 4) is 10.4 Å². The van der Waals surface area contributed by atoms with E-state index < -0.39 is 10.0 Å². The number of thiazole rings is 1. The van der Waals surface area contributed by atoms with Crippen LogP contribution in [0.15, 0.2) is 29.3 Å². The lowest BCUT2D eigenvalue weighted by Crippen LogP contribution is -2.62. The van der Waals surface area contributed by atoms with Gasteiger partial charge in [-0.1, -0.05) is 32.3 Å². The minimum Gasteiger partial charge on any atom is -0.377 e. The van der Waals surface area contributed by atoms with E-state index in [1.165, 1.54) is 32.1 Å². The third-order valence-electron chi connectivity index (χ3n) is 6.03. The van der Waals surface area contributed by atoms with Crippen LogP contribution in [0.4, 0.5) is 5.69 Å². The summed E-state index contributed by atoms with van der Waals surface area (Å²) in [5.74, 6) is 0.516. The Balaban J connectivity index is 1.67. The van der Waals surface area contributed by atoms with E-state index in [0.717, 1.165) is 34.2 Å². The molecule has 6 nitrogen and oxygen atoms in total. The number of benzene rings is 1. The van der Waals surface area contributed by atoms with Crippen LogP contribution >= 0.6 is 11.3 Å². The second kappa shape index (κ2) is 8.57. The van der Waals surface area contributed by atoms with E-state index >= 15 is 0 Å². The van der Waals surface area contributed by atoms with Gasteiger partial charge in [0.2, 0.25) is 10.0 Å². The maximum atomic E-state index is 13.0. The number of nitrogens with zero attached hydrogens (tertiary/aromatic N) is 2. The fourth-order valence-corrected chi connectivity index (χ4v) is 7.29. The van der Waals surface area contributed by atoms with Crippen molar-refractivity contribution in [3.05, 3.63) is 29.4 Å². The van der Waals surface area contributed by atoms with Gasteiger partial charge in [0.15, 0.2) is 0 Å². The number of nitrogens with one attached hydrogen (secondary N) is 2. The average Bonchev–Trinajstić information content (AvgIpc) is 3.17. The zero-order valence-electron chi connectivity index (χ0n) is 18.1. The molecule has 2 fully saturated rings. The van der Waals surface area contributed by atoms with Crippen LogP contribution in [-0.2, 0) is 10.0 Å². The van der Waals surface area contributed by atoms with Gasteiger partial charge in [0.1, 0.15) is 0 Å². The van der Waals surface area contributed by atoms with Gasteiger partial charge in [-0.2, -0.15) is 0 Å². The molecule has 1 saturated carbocycles. The Morgan fingerprint density at radius 3 is 2.63 bits per heavy atom. The molecule has 1 aliphatic carbocycles. The SMILES string of the molecule is CCNS(=O)(=O)c1cc(NC2(C)CN(C)C2)ccc1-c1cnc(C2CCCCC2)s1. The van der Waals surface area contributed by atoms with Crippen LogP contribution in [-0.4, -0.2) is 50.5 Å². The van der Waals surface area contributed by atoms with Crippen molar-refractivity contribution in [2.24, 2.45) is 0 Å². The van der Waals surface area contributed by atoms with Crippen LogP contribution in [0.5, 0.6) is 0 Å². The van der Waals surface area contributed by atoms with Crippen LogP contribution in [0.25, 0.3) is 10.4 Å². The Labute approximate surface area is 184 Å². The predicted molar refractivity (Wildman–Crippen MR) is 124 cm³/mol. The van der Waals surface area contributed by atoms with Crippen molar-refractivity contribution < 1.29 is 8.42 Å². The summed E-state index contributed by atoms with van der Waals surface area (Å²) in [6.45, 7) is 6.20. The first-order chi connectivity index (χ1) is 14.3.